The van der Waals surface area contributed by atoms with Crippen molar-refractivity contribution in [3.05, 3.63) is 29.0 Å². The minimum absolute atomic E-state index is 0.101. The van der Waals surface area contributed by atoms with E-state index in [2.05, 4.69) is 5.32 Å². The Bertz CT molecular complexity index is 380. The molecule has 3 nitrogen and oxygen atoms in total. The molecule has 0 aliphatic rings. The zero-order valence-corrected chi connectivity index (χ0v) is 10.0. The van der Waals surface area contributed by atoms with Gasteiger partial charge in [0.05, 0.1) is 5.69 Å². The molecule has 0 radical (unpaired) electrons. The van der Waals surface area contributed by atoms with Crippen molar-refractivity contribution < 1.29 is 9.18 Å². The molecule has 1 N–H and O–H groups in total. The molecule has 0 saturated heterocycles. The maximum Gasteiger partial charge on any atom is 0.321 e. The number of hydrogen-bond acceptors (Lipinski definition) is 1. The molecule has 5 heteroatoms. The standard InChI is InChI=1S/C11H14ClFN2O/c1-3-15(4-2)11(16)14-10-7-8(12)5-6-9(10)13/h5-7H,3-4H2,1-2H3,(H,14,16). The third-order valence-electron chi connectivity index (χ3n) is 2.22. The van der Waals surface area contributed by atoms with E-state index < -0.39 is 5.82 Å². The van der Waals surface area contributed by atoms with E-state index >= 15 is 0 Å². The van der Waals surface area contributed by atoms with E-state index in [1.54, 1.807) is 4.90 Å². The minimum atomic E-state index is -0.495. The Kier molecular flexibility index (Phi) is 4.55. The van der Waals surface area contributed by atoms with E-state index in [1.807, 2.05) is 13.8 Å². The maximum atomic E-state index is 13.3. The highest BCUT2D eigenvalue weighted by molar-refractivity contribution is 6.30. The molecule has 0 saturated carbocycles. The number of benzene rings is 1. The zero-order valence-electron chi connectivity index (χ0n) is 9.26. The van der Waals surface area contributed by atoms with Crippen LogP contribution in [0.3, 0.4) is 0 Å². The molecule has 0 aliphatic carbocycles. The summed E-state index contributed by atoms with van der Waals surface area (Å²) < 4.78 is 13.3. The quantitative estimate of drug-likeness (QED) is 0.869. The number of carbonyl (C=O) groups excluding carboxylic acids is 1. The number of nitrogens with one attached hydrogen (secondary N) is 1. The topological polar surface area (TPSA) is 32.3 Å². The first-order chi connectivity index (χ1) is 7.58. The lowest BCUT2D eigenvalue weighted by atomic mass is 10.3. The van der Waals surface area contributed by atoms with Gasteiger partial charge in [-0.25, -0.2) is 9.18 Å². The number of urea groups is 1. The molecule has 0 fully saturated rings. The van der Waals surface area contributed by atoms with Crippen LogP contribution in [-0.2, 0) is 0 Å². The molecule has 0 bridgehead atoms. The highest BCUT2D eigenvalue weighted by Gasteiger charge is 2.11. The number of halogens is 2. The summed E-state index contributed by atoms with van der Waals surface area (Å²) in [5, 5.41) is 2.87. The molecule has 0 atom stereocenters. The summed E-state index contributed by atoms with van der Waals surface area (Å²) in [6.45, 7) is 4.86. The van der Waals surface area contributed by atoms with Crippen LogP contribution in [0.15, 0.2) is 18.2 Å². The molecule has 16 heavy (non-hydrogen) atoms. The Morgan fingerprint density at radius 1 is 1.44 bits per heavy atom. The van der Waals surface area contributed by atoms with E-state index in [-0.39, 0.29) is 11.7 Å². The van der Waals surface area contributed by atoms with Gasteiger partial charge in [-0.15, -0.1) is 0 Å². The summed E-state index contributed by atoms with van der Waals surface area (Å²) >= 11 is 5.72. The van der Waals surface area contributed by atoms with Gasteiger partial charge < -0.3 is 10.2 Å². The van der Waals surface area contributed by atoms with E-state index in [0.29, 0.717) is 18.1 Å². The molecular formula is C11H14ClFN2O. The average molecular weight is 245 g/mol. The Hall–Kier alpha value is -1.29. The van der Waals surface area contributed by atoms with Crippen LogP contribution in [-0.4, -0.2) is 24.0 Å². The van der Waals surface area contributed by atoms with E-state index in [9.17, 15) is 9.18 Å². The Morgan fingerprint density at radius 2 is 2.06 bits per heavy atom. The Morgan fingerprint density at radius 3 is 2.62 bits per heavy atom. The number of amides is 2. The monoisotopic (exact) mass is 244 g/mol. The summed E-state index contributed by atoms with van der Waals surface area (Å²) in [4.78, 5) is 13.2. The molecule has 0 heterocycles. The first-order valence-corrected chi connectivity index (χ1v) is 5.47. The Balaban J connectivity index is 2.80. The van der Waals surface area contributed by atoms with Gasteiger partial charge in [0.1, 0.15) is 5.82 Å². The van der Waals surface area contributed by atoms with Gasteiger partial charge in [-0.2, -0.15) is 0 Å². The van der Waals surface area contributed by atoms with E-state index in [0.717, 1.165) is 0 Å². The smallest absolute Gasteiger partial charge is 0.321 e. The van der Waals surface area contributed by atoms with Gasteiger partial charge >= 0.3 is 6.03 Å². The predicted octanol–water partition coefficient (Wildman–Crippen LogP) is 3.35. The largest absolute Gasteiger partial charge is 0.325 e. The third-order valence-corrected chi connectivity index (χ3v) is 2.46. The second-order valence-electron chi connectivity index (χ2n) is 3.23. The van der Waals surface area contributed by atoms with Crippen molar-refractivity contribution in [3.63, 3.8) is 0 Å². The summed E-state index contributed by atoms with van der Waals surface area (Å²) in [5.41, 5.74) is 0.101. The number of anilines is 1. The van der Waals surface area contributed by atoms with Crippen molar-refractivity contribution in [2.75, 3.05) is 18.4 Å². The second-order valence-corrected chi connectivity index (χ2v) is 3.66. The number of hydrogen-bond donors (Lipinski definition) is 1. The zero-order chi connectivity index (χ0) is 12.1. The molecule has 2 amide bonds. The van der Waals surface area contributed by atoms with Gasteiger partial charge in [0, 0.05) is 18.1 Å². The van der Waals surface area contributed by atoms with Crippen LogP contribution in [0.1, 0.15) is 13.8 Å². The summed E-state index contributed by atoms with van der Waals surface area (Å²) in [6.07, 6.45) is 0. The van der Waals surface area contributed by atoms with Crippen molar-refractivity contribution in [2.45, 2.75) is 13.8 Å². The van der Waals surface area contributed by atoms with Crippen molar-refractivity contribution in [1.82, 2.24) is 4.90 Å². The first kappa shape index (κ1) is 12.8. The normalized spacial score (nSPS) is 10.0. The van der Waals surface area contributed by atoms with Crippen LogP contribution in [0, 0.1) is 5.82 Å². The summed E-state index contributed by atoms with van der Waals surface area (Å²) in [7, 11) is 0. The van der Waals surface area contributed by atoms with Crippen LogP contribution in [0.2, 0.25) is 5.02 Å². The van der Waals surface area contributed by atoms with Crippen LogP contribution < -0.4 is 5.32 Å². The van der Waals surface area contributed by atoms with Crippen molar-refractivity contribution >= 4 is 23.3 Å². The van der Waals surface area contributed by atoms with Crippen LogP contribution in [0.4, 0.5) is 14.9 Å². The van der Waals surface area contributed by atoms with Gasteiger partial charge in [0.15, 0.2) is 0 Å². The fourth-order valence-electron chi connectivity index (χ4n) is 1.30. The lowest BCUT2D eigenvalue weighted by Crippen LogP contribution is -2.34. The van der Waals surface area contributed by atoms with Gasteiger partial charge in [0.2, 0.25) is 0 Å². The second kappa shape index (κ2) is 5.70. The fourth-order valence-corrected chi connectivity index (χ4v) is 1.47. The fraction of sp³-hybridized carbons (Fsp3) is 0.364. The molecule has 1 aromatic rings. The molecule has 0 aromatic heterocycles. The predicted molar refractivity (Wildman–Crippen MR) is 63.3 cm³/mol. The van der Waals surface area contributed by atoms with Crippen molar-refractivity contribution in [2.24, 2.45) is 0 Å². The summed E-state index contributed by atoms with van der Waals surface area (Å²) in [5.74, 6) is -0.495. The Labute approximate surface area is 99.2 Å². The average Bonchev–Trinajstić information content (AvgIpc) is 2.25. The maximum absolute atomic E-state index is 13.3. The van der Waals surface area contributed by atoms with Gasteiger partial charge in [-0.05, 0) is 32.0 Å². The van der Waals surface area contributed by atoms with Crippen molar-refractivity contribution in [1.29, 1.82) is 0 Å². The lowest BCUT2D eigenvalue weighted by molar-refractivity contribution is 0.217. The molecule has 0 unspecified atom stereocenters. The molecule has 1 aromatic carbocycles. The van der Waals surface area contributed by atoms with Crippen LogP contribution >= 0.6 is 11.6 Å². The SMILES string of the molecule is CCN(CC)C(=O)Nc1cc(Cl)ccc1F. The number of nitrogens with zero attached hydrogens (tertiary/aromatic N) is 1. The van der Waals surface area contributed by atoms with E-state index in [4.69, 9.17) is 11.6 Å². The highest BCUT2D eigenvalue weighted by atomic mass is 35.5. The molecule has 0 spiro atoms. The first-order valence-electron chi connectivity index (χ1n) is 5.09. The van der Waals surface area contributed by atoms with Crippen molar-refractivity contribution in [3.8, 4) is 0 Å². The van der Waals surface area contributed by atoms with Gasteiger partial charge in [-0.1, -0.05) is 11.6 Å². The molecule has 0 aliphatic heterocycles. The third kappa shape index (κ3) is 3.10. The molecule has 1 rings (SSSR count). The molecular weight excluding hydrogens is 231 g/mol. The van der Waals surface area contributed by atoms with Crippen LogP contribution in [0.25, 0.3) is 0 Å². The summed E-state index contributed by atoms with van der Waals surface area (Å²) in [6, 6.07) is 3.72. The van der Waals surface area contributed by atoms with Gasteiger partial charge in [0.25, 0.3) is 0 Å². The molecule has 88 valence electrons. The highest BCUT2D eigenvalue weighted by Crippen LogP contribution is 2.19. The van der Waals surface area contributed by atoms with Gasteiger partial charge in [-0.3, -0.25) is 0 Å². The lowest BCUT2D eigenvalue weighted by Gasteiger charge is -2.19. The van der Waals surface area contributed by atoms with E-state index in [1.165, 1.54) is 18.2 Å². The number of rotatable bonds is 3. The number of carbonyl (C=O) groups is 1. The minimum Gasteiger partial charge on any atom is -0.325 e. The van der Waals surface area contributed by atoms with Crippen LogP contribution in [0.5, 0.6) is 0 Å².